The Hall–Kier alpha value is -2.90. The third kappa shape index (κ3) is 2.45. The van der Waals surface area contributed by atoms with E-state index in [0.29, 0.717) is 4.70 Å². The highest BCUT2D eigenvalue weighted by molar-refractivity contribution is 7.25. The molecule has 0 radical (unpaired) electrons. The van der Waals surface area contributed by atoms with Gasteiger partial charge in [0.05, 0.1) is 12.8 Å². The van der Waals surface area contributed by atoms with E-state index in [1.165, 1.54) is 11.3 Å². The summed E-state index contributed by atoms with van der Waals surface area (Å²) in [6.45, 7) is 0. The number of thiophene rings is 1. The predicted molar refractivity (Wildman–Crippen MR) is 102 cm³/mol. The van der Waals surface area contributed by atoms with Crippen molar-refractivity contribution < 1.29 is 4.74 Å². The molecular formula is C18H16N4O2S. The molecule has 0 aliphatic heterocycles. The molecule has 7 heteroatoms. The number of nitrogens with zero attached hydrogens (tertiary/aromatic N) is 3. The van der Waals surface area contributed by atoms with Gasteiger partial charge in [0.15, 0.2) is 0 Å². The van der Waals surface area contributed by atoms with Gasteiger partial charge in [-0.25, -0.2) is 10.8 Å². The first-order valence-corrected chi connectivity index (χ1v) is 8.47. The van der Waals surface area contributed by atoms with Crippen molar-refractivity contribution in [3.63, 3.8) is 0 Å². The normalized spacial score (nSPS) is 11.2. The summed E-state index contributed by atoms with van der Waals surface area (Å²) >= 11 is 1.38. The number of nitrogens with two attached hydrogens (primary N) is 1. The molecule has 0 amide bonds. The maximum Gasteiger partial charge on any atom is 0.273 e. The molecule has 0 aliphatic rings. The Kier molecular flexibility index (Phi) is 3.67. The fourth-order valence-corrected chi connectivity index (χ4v) is 4.00. The lowest BCUT2D eigenvalue weighted by molar-refractivity contribution is 0.414. The molecule has 3 heterocycles. The molecule has 4 rings (SSSR count). The summed E-state index contributed by atoms with van der Waals surface area (Å²) in [5.41, 5.74) is 1.56. The van der Waals surface area contributed by atoms with Gasteiger partial charge in [-0.3, -0.25) is 9.36 Å². The number of methoxy groups -OCH3 is 1. The predicted octanol–water partition coefficient (Wildman–Crippen LogP) is 2.92. The molecule has 25 heavy (non-hydrogen) atoms. The van der Waals surface area contributed by atoms with Crippen LogP contribution >= 0.6 is 11.3 Å². The number of aromatic nitrogens is 2. The standard InChI is InChI=1S/C18H16N4O2S/c1-21(19)14-7-9-20-17-15(14)13-8-10-22(18(23)16(13)25-17)11-3-5-12(24-2)6-4-11/h3-10H,19H2,1-2H3. The average molecular weight is 352 g/mol. The van der Waals surface area contributed by atoms with Gasteiger partial charge in [-0.15, -0.1) is 11.3 Å². The van der Waals surface area contributed by atoms with Gasteiger partial charge in [-0.2, -0.15) is 0 Å². The maximum absolute atomic E-state index is 13.0. The van der Waals surface area contributed by atoms with E-state index in [9.17, 15) is 4.79 Å². The van der Waals surface area contributed by atoms with Crippen molar-refractivity contribution in [2.24, 2.45) is 5.84 Å². The van der Waals surface area contributed by atoms with E-state index < -0.39 is 0 Å². The van der Waals surface area contributed by atoms with Crippen molar-refractivity contribution in [3.8, 4) is 11.4 Å². The Bertz CT molecular complexity index is 1130. The third-order valence-corrected chi connectivity index (χ3v) is 5.24. The van der Waals surface area contributed by atoms with Crippen LogP contribution in [0.1, 0.15) is 0 Å². The quantitative estimate of drug-likeness (QED) is 0.453. The Morgan fingerprint density at radius 1 is 1.20 bits per heavy atom. The second kappa shape index (κ2) is 5.87. The first kappa shape index (κ1) is 15.6. The largest absolute Gasteiger partial charge is 0.497 e. The van der Waals surface area contributed by atoms with Gasteiger partial charge in [-0.1, -0.05) is 0 Å². The van der Waals surface area contributed by atoms with Crippen molar-refractivity contribution in [1.82, 2.24) is 9.55 Å². The van der Waals surface area contributed by atoms with Gasteiger partial charge >= 0.3 is 0 Å². The average Bonchev–Trinajstić information content (AvgIpc) is 3.02. The topological polar surface area (TPSA) is 73.4 Å². The molecule has 0 saturated heterocycles. The van der Waals surface area contributed by atoms with Crippen molar-refractivity contribution in [2.45, 2.75) is 0 Å². The molecule has 0 atom stereocenters. The number of benzene rings is 1. The maximum atomic E-state index is 13.0. The minimum absolute atomic E-state index is 0.0729. The van der Waals surface area contributed by atoms with Crippen LogP contribution in [0.3, 0.4) is 0 Å². The molecule has 4 aromatic rings. The Morgan fingerprint density at radius 3 is 2.64 bits per heavy atom. The van der Waals surface area contributed by atoms with E-state index in [-0.39, 0.29) is 5.56 Å². The summed E-state index contributed by atoms with van der Waals surface area (Å²) in [5.74, 6) is 6.68. The lowest BCUT2D eigenvalue weighted by Crippen LogP contribution is -2.25. The second-order valence-corrected chi connectivity index (χ2v) is 6.65. The van der Waals surface area contributed by atoms with E-state index in [1.54, 1.807) is 36.1 Å². The Balaban J connectivity index is 1.98. The number of anilines is 1. The third-order valence-electron chi connectivity index (χ3n) is 4.14. The van der Waals surface area contributed by atoms with Crippen molar-refractivity contribution in [3.05, 3.63) is 59.1 Å². The van der Waals surface area contributed by atoms with Gasteiger partial charge < -0.3 is 9.75 Å². The van der Waals surface area contributed by atoms with Gasteiger partial charge in [0, 0.05) is 35.9 Å². The monoisotopic (exact) mass is 352 g/mol. The van der Waals surface area contributed by atoms with Crippen LogP contribution in [0.2, 0.25) is 0 Å². The van der Waals surface area contributed by atoms with Crippen LogP contribution in [0.25, 0.3) is 26.0 Å². The van der Waals surface area contributed by atoms with Crippen LogP contribution in [0.5, 0.6) is 5.75 Å². The highest BCUT2D eigenvalue weighted by Crippen LogP contribution is 2.36. The molecule has 0 bridgehead atoms. The number of rotatable bonds is 3. The highest BCUT2D eigenvalue weighted by atomic mass is 32.1. The molecule has 0 saturated carbocycles. The zero-order valence-electron chi connectivity index (χ0n) is 13.8. The fourth-order valence-electron chi connectivity index (χ4n) is 2.91. The van der Waals surface area contributed by atoms with Gasteiger partial charge in [0.25, 0.3) is 5.56 Å². The Labute approximate surface area is 147 Å². The number of hydrogen-bond acceptors (Lipinski definition) is 6. The van der Waals surface area contributed by atoms with Crippen molar-refractivity contribution in [1.29, 1.82) is 0 Å². The Morgan fingerprint density at radius 2 is 1.96 bits per heavy atom. The first-order chi connectivity index (χ1) is 12.1. The van der Waals surface area contributed by atoms with Crippen molar-refractivity contribution in [2.75, 3.05) is 19.2 Å². The molecule has 0 unspecified atom stereocenters. The number of ether oxygens (including phenoxy) is 1. The lowest BCUT2D eigenvalue weighted by Gasteiger charge is -2.13. The van der Waals surface area contributed by atoms with Crippen LogP contribution in [0.15, 0.2) is 53.6 Å². The van der Waals surface area contributed by atoms with Crippen LogP contribution in [0.4, 0.5) is 5.69 Å². The smallest absolute Gasteiger partial charge is 0.273 e. The summed E-state index contributed by atoms with van der Waals surface area (Å²) in [4.78, 5) is 18.2. The molecule has 126 valence electrons. The van der Waals surface area contributed by atoms with E-state index in [0.717, 1.165) is 32.7 Å². The van der Waals surface area contributed by atoms with Crippen LogP contribution in [-0.4, -0.2) is 23.7 Å². The number of hydrogen-bond donors (Lipinski definition) is 1. The molecule has 1 aromatic carbocycles. The lowest BCUT2D eigenvalue weighted by atomic mass is 10.2. The second-order valence-electron chi connectivity index (χ2n) is 5.65. The summed E-state index contributed by atoms with van der Waals surface area (Å²) in [7, 11) is 3.39. The van der Waals surface area contributed by atoms with Gasteiger partial charge in [-0.05, 0) is 36.4 Å². The first-order valence-electron chi connectivity index (χ1n) is 7.66. The minimum atomic E-state index is -0.0729. The highest BCUT2D eigenvalue weighted by Gasteiger charge is 2.15. The zero-order chi connectivity index (χ0) is 17.6. The fraction of sp³-hybridized carbons (Fsp3) is 0.111. The summed E-state index contributed by atoms with van der Waals surface area (Å²) in [6, 6.07) is 11.2. The molecule has 2 N–H and O–H groups in total. The SMILES string of the molecule is COc1ccc(-n2ccc3c(sc4nccc(N(C)N)c43)c2=O)cc1. The van der Waals surface area contributed by atoms with E-state index in [1.807, 2.05) is 36.4 Å². The van der Waals surface area contributed by atoms with Crippen LogP contribution in [0, 0.1) is 0 Å². The van der Waals surface area contributed by atoms with Gasteiger partial charge in [0.2, 0.25) is 0 Å². The van der Waals surface area contributed by atoms with Crippen LogP contribution < -0.4 is 21.1 Å². The van der Waals surface area contributed by atoms with E-state index in [2.05, 4.69) is 4.98 Å². The van der Waals surface area contributed by atoms with E-state index in [4.69, 9.17) is 10.6 Å². The molecule has 3 aromatic heterocycles. The summed E-state index contributed by atoms with van der Waals surface area (Å²) in [6.07, 6.45) is 3.49. The summed E-state index contributed by atoms with van der Waals surface area (Å²) < 4.78 is 7.46. The zero-order valence-corrected chi connectivity index (χ0v) is 14.6. The molecule has 0 aliphatic carbocycles. The molecule has 0 spiro atoms. The van der Waals surface area contributed by atoms with Crippen molar-refractivity contribution >= 4 is 37.3 Å². The molecule has 0 fully saturated rings. The van der Waals surface area contributed by atoms with Gasteiger partial charge in [0.1, 0.15) is 15.3 Å². The summed E-state index contributed by atoms with van der Waals surface area (Å²) in [5, 5.41) is 3.33. The number of fused-ring (bicyclic) bond motifs is 3. The minimum Gasteiger partial charge on any atom is -0.497 e. The molecular weight excluding hydrogens is 336 g/mol. The van der Waals surface area contributed by atoms with Crippen LogP contribution in [-0.2, 0) is 0 Å². The number of hydrazine groups is 1. The molecule has 6 nitrogen and oxygen atoms in total. The number of pyridine rings is 2. The van der Waals surface area contributed by atoms with E-state index >= 15 is 0 Å².